The summed E-state index contributed by atoms with van der Waals surface area (Å²) in [7, 11) is 4.50. The molecule has 0 saturated carbocycles. The van der Waals surface area contributed by atoms with Crippen LogP contribution in [0.15, 0.2) is 18.2 Å². The quantitative estimate of drug-likeness (QED) is 0.717. The fourth-order valence-corrected chi connectivity index (χ4v) is 1.76. The largest absolute Gasteiger partial charge is 0.493 e. The number of benzene rings is 1. The molecule has 6 nitrogen and oxygen atoms in total. The van der Waals surface area contributed by atoms with Gasteiger partial charge >= 0.3 is 5.97 Å². The first-order valence-corrected chi connectivity index (χ1v) is 6.66. The third kappa shape index (κ3) is 4.66. The average Bonchev–Trinajstić information content (AvgIpc) is 2.51. The van der Waals surface area contributed by atoms with Gasteiger partial charge in [0.05, 0.1) is 27.2 Å². The third-order valence-electron chi connectivity index (χ3n) is 2.94. The Kier molecular flexibility index (Phi) is 6.52. The van der Waals surface area contributed by atoms with Crippen LogP contribution in [0.3, 0.4) is 0 Å². The van der Waals surface area contributed by atoms with E-state index in [0.717, 1.165) is 0 Å². The SMILES string of the molecule is CCOc1cc(C(=O)N(C)CCC(=O)OC)ccc1OC. The van der Waals surface area contributed by atoms with Crippen molar-refractivity contribution in [1.29, 1.82) is 0 Å². The summed E-state index contributed by atoms with van der Waals surface area (Å²) in [5, 5.41) is 0. The van der Waals surface area contributed by atoms with Crippen molar-refractivity contribution < 1.29 is 23.8 Å². The van der Waals surface area contributed by atoms with Gasteiger partial charge in [0.25, 0.3) is 5.91 Å². The minimum Gasteiger partial charge on any atom is -0.493 e. The number of hydrogen-bond donors (Lipinski definition) is 0. The predicted molar refractivity (Wildman–Crippen MR) is 77.8 cm³/mol. The van der Waals surface area contributed by atoms with Gasteiger partial charge in [-0.15, -0.1) is 0 Å². The molecule has 1 rings (SSSR count). The predicted octanol–water partition coefficient (Wildman–Crippen LogP) is 1.73. The fraction of sp³-hybridized carbons (Fsp3) is 0.467. The van der Waals surface area contributed by atoms with Crippen LogP contribution in [0.1, 0.15) is 23.7 Å². The number of nitrogens with zero attached hydrogens (tertiary/aromatic N) is 1. The first-order valence-electron chi connectivity index (χ1n) is 6.66. The maximum absolute atomic E-state index is 12.3. The molecule has 21 heavy (non-hydrogen) atoms. The molecule has 0 radical (unpaired) electrons. The molecule has 0 heterocycles. The minimum absolute atomic E-state index is 0.160. The molecule has 0 unspecified atom stereocenters. The van der Waals surface area contributed by atoms with Crippen molar-refractivity contribution >= 4 is 11.9 Å². The van der Waals surface area contributed by atoms with Crippen LogP contribution in [-0.2, 0) is 9.53 Å². The highest BCUT2D eigenvalue weighted by Gasteiger charge is 2.15. The molecule has 0 aliphatic rings. The summed E-state index contributed by atoms with van der Waals surface area (Å²) >= 11 is 0. The highest BCUT2D eigenvalue weighted by atomic mass is 16.5. The summed E-state index contributed by atoms with van der Waals surface area (Å²) in [4.78, 5) is 24.8. The van der Waals surface area contributed by atoms with Crippen molar-refractivity contribution in [3.63, 3.8) is 0 Å². The molecule has 1 amide bonds. The zero-order valence-electron chi connectivity index (χ0n) is 12.8. The number of carbonyl (C=O) groups excluding carboxylic acids is 2. The van der Waals surface area contributed by atoms with E-state index in [9.17, 15) is 9.59 Å². The van der Waals surface area contributed by atoms with E-state index in [1.165, 1.54) is 12.0 Å². The maximum Gasteiger partial charge on any atom is 0.307 e. The number of methoxy groups -OCH3 is 2. The zero-order valence-corrected chi connectivity index (χ0v) is 12.8. The Hall–Kier alpha value is -2.24. The zero-order chi connectivity index (χ0) is 15.8. The van der Waals surface area contributed by atoms with Crippen LogP contribution in [0.25, 0.3) is 0 Å². The Bertz CT molecular complexity index is 501. The van der Waals surface area contributed by atoms with Gasteiger partial charge in [-0.05, 0) is 25.1 Å². The van der Waals surface area contributed by atoms with Crippen molar-refractivity contribution in [2.45, 2.75) is 13.3 Å². The van der Waals surface area contributed by atoms with Gasteiger partial charge in [-0.1, -0.05) is 0 Å². The van der Waals surface area contributed by atoms with Crippen molar-refractivity contribution in [3.05, 3.63) is 23.8 Å². The van der Waals surface area contributed by atoms with E-state index in [1.54, 1.807) is 32.4 Å². The highest BCUT2D eigenvalue weighted by Crippen LogP contribution is 2.28. The van der Waals surface area contributed by atoms with E-state index in [2.05, 4.69) is 4.74 Å². The molecule has 0 aliphatic carbocycles. The van der Waals surface area contributed by atoms with Gasteiger partial charge in [0.2, 0.25) is 0 Å². The second-order valence-corrected chi connectivity index (χ2v) is 4.35. The number of ether oxygens (including phenoxy) is 3. The lowest BCUT2D eigenvalue weighted by Gasteiger charge is -2.17. The topological polar surface area (TPSA) is 65.1 Å². The minimum atomic E-state index is -0.348. The molecule has 1 aromatic rings. The van der Waals surface area contributed by atoms with Gasteiger partial charge in [0.15, 0.2) is 11.5 Å². The van der Waals surface area contributed by atoms with Gasteiger partial charge in [-0.25, -0.2) is 0 Å². The van der Waals surface area contributed by atoms with E-state index in [0.29, 0.717) is 30.2 Å². The Morgan fingerprint density at radius 1 is 1.19 bits per heavy atom. The first-order chi connectivity index (χ1) is 10.0. The first kappa shape index (κ1) is 16.8. The van der Waals surface area contributed by atoms with Crippen LogP contribution < -0.4 is 9.47 Å². The van der Waals surface area contributed by atoms with E-state index in [1.807, 2.05) is 6.92 Å². The third-order valence-corrected chi connectivity index (χ3v) is 2.94. The van der Waals surface area contributed by atoms with Gasteiger partial charge < -0.3 is 19.1 Å². The molecule has 116 valence electrons. The Balaban J connectivity index is 2.81. The standard InChI is InChI=1S/C15H21NO5/c1-5-21-13-10-11(6-7-12(13)19-3)15(18)16(2)9-8-14(17)20-4/h6-7,10H,5,8-9H2,1-4H3. The summed E-state index contributed by atoms with van der Waals surface area (Å²) in [5.74, 6) is 0.555. The number of carbonyl (C=O) groups is 2. The van der Waals surface area contributed by atoms with Gasteiger partial charge in [0.1, 0.15) is 0 Å². The molecule has 0 N–H and O–H groups in total. The van der Waals surface area contributed by atoms with Crippen molar-refractivity contribution in [1.82, 2.24) is 4.90 Å². The molecule has 0 spiro atoms. The van der Waals surface area contributed by atoms with Gasteiger partial charge in [0, 0.05) is 19.2 Å². The molecule has 1 aromatic carbocycles. The molecule has 0 saturated heterocycles. The fourth-order valence-electron chi connectivity index (χ4n) is 1.76. The van der Waals surface area contributed by atoms with Crippen molar-refractivity contribution in [3.8, 4) is 11.5 Å². The highest BCUT2D eigenvalue weighted by molar-refractivity contribution is 5.95. The van der Waals surface area contributed by atoms with Gasteiger partial charge in [-0.2, -0.15) is 0 Å². The second-order valence-electron chi connectivity index (χ2n) is 4.35. The number of amides is 1. The van der Waals surface area contributed by atoms with Crippen LogP contribution in [0.4, 0.5) is 0 Å². The Morgan fingerprint density at radius 2 is 1.90 bits per heavy atom. The number of rotatable bonds is 7. The molecule has 0 fully saturated rings. The lowest BCUT2D eigenvalue weighted by Crippen LogP contribution is -2.29. The van der Waals surface area contributed by atoms with Gasteiger partial charge in [-0.3, -0.25) is 9.59 Å². The monoisotopic (exact) mass is 295 g/mol. The van der Waals surface area contributed by atoms with E-state index < -0.39 is 0 Å². The van der Waals surface area contributed by atoms with Crippen molar-refractivity contribution in [2.24, 2.45) is 0 Å². The van der Waals surface area contributed by atoms with Crippen molar-refractivity contribution in [2.75, 3.05) is 34.4 Å². The lowest BCUT2D eigenvalue weighted by atomic mass is 10.1. The summed E-state index contributed by atoms with van der Waals surface area (Å²) in [6, 6.07) is 4.99. The Morgan fingerprint density at radius 3 is 2.48 bits per heavy atom. The molecule has 0 aliphatic heterocycles. The number of esters is 1. The van der Waals surface area contributed by atoms with E-state index >= 15 is 0 Å². The lowest BCUT2D eigenvalue weighted by molar-refractivity contribution is -0.140. The second kappa shape index (κ2) is 8.14. The molecular weight excluding hydrogens is 274 g/mol. The van der Waals surface area contributed by atoms with Crippen LogP contribution >= 0.6 is 0 Å². The molecule has 0 bridgehead atoms. The Labute approximate surface area is 124 Å². The average molecular weight is 295 g/mol. The summed E-state index contributed by atoms with van der Waals surface area (Å²) in [6.45, 7) is 2.63. The number of hydrogen-bond acceptors (Lipinski definition) is 5. The molecule has 0 atom stereocenters. The van der Waals surface area contributed by atoms with Crippen LogP contribution in [0, 0.1) is 0 Å². The summed E-state index contributed by atoms with van der Waals surface area (Å²) in [6.07, 6.45) is 0.160. The maximum atomic E-state index is 12.3. The van der Waals surface area contributed by atoms with E-state index in [4.69, 9.17) is 9.47 Å². The molecular formula is C15H21NO5. The van der Waals surface area contributed by atoms with E-state index in [-0.39, 0.29) is 18.3 Å². The summed E-state index contributed by atoms with van der Waals surface area (Å²) < 4.78 is 15.2. The van der Waals surface area contributed by atoms with Crippen LogP contribution in [0.5, 0.6) is 11.5 Å². The van der Waals surface area contributed by atoms with Crippen LogP contribution in [-0.4, -0.2) is 51.2 Å². The smallest absolute Gasteiger partial charge is 0.307 e. The van der Waals surface area contributed by atoms with Crippen LogP contribution in [0.2, 0.25) is 0 Å². The molecule has 0 aromatic heterocycles. The normalized spacial score (nSPS) is 9.90. The summed E-state index contributed by atoms with van der Waals surface area (Å²) in [5.41, 5.74) is 0.478. The molecule has 6 heteroatoms.